The zero-order valence-electron chi connectivity index (χ0n) is 11.9. The fourth-order valence-corrected chi connectivity index (χ4v) is 2.39. The lowest BCUT2D eigenvalue weighted by Crippen LogP contribution is -2.50. The normalized spacial score (nSPS) is 21.4. The Labute approximate surface area is 110 Å². The van der Waals surface area contributed by atoms with Gasteiger partial charge >= 0.3 is 0 Å². The summed E-state index contributed by atoms with van der Waals surface area (Å²) >= 11 is 0. The van der Waals surface area contributed by atoms with Crippen molar-refractivity contribution < 1.29 is 9.90 Å². The second kappa shape index (κ2) is 6.53. The number of aliphatic hydroxyl groups excluding tert-OH is 1. The zero-order chi connectivity index (χ0) is 13.8. The van der Waals surface area contributed by atoms with Gasteiger partial charge < -0.3 is 16.2 Å². The molecule has 1 aliphatic carbocycles. The summed E-state index contributed by atoms with van der Waals surface area (Å²) in [5.41, 5.74) is 5.62. The van der Waals surface area contributed by atoms with Gasteiger partial charge in [0, 0.05) is 6.54 Å². The zero-order valence-corrected chi connectivity index (χ0v) is 11.9. The molecule has 1 rings (SSSR count). The summed E-state index contributed by atoms with van der Waals surface area (Å²) in [7, 11) is 0. The minimum Gasteiger partial charge on any atom is -0.391 e. The molecule has 0 aromatic heterocycles. The number of nitrogens with two attached hydrogens (primary N) is 1. The lowest BCUT2D eigenvalue weighted by atomic mass is 9.85. The molecule has 106 valence electrons. The minimum atomic E-state index is -0.531. The Morgan fingerprint density at radius 2 is 1.89 bits per heavy atom. The predicted molar refractivity (Wildman–Crippen MR) is 73.0 cm³/mol. The molecule has 4 heteroatoms. The summed E-state index contributed by atoms with van der Waals surface area (Å²) in [5.74, 6) is 0.169. The van der Waals surface area contributed by atoms with Crippen molar-refractivity contribution in [3.63, 3.8) is 0 Å². The third-order valence-corrected chi connectivity index (χ3v) is 3.89. The van der Waals surface area contributed by atoms with E-state index in [-0.39, 0.29) is 11.3 Å². The van der Waals surface area contributed by atoms with E-state index in [1.54, 1.807) is 0 Å². The van der Waals surface area contributed by atoms with E-state index in [1.807, 2.05) is 20.8 Å². The Morgan fingerprint density at radius 1 is 1.33 bits per heavy atom. The number of aliphatic hydroxyl groups is 1. The number of nitrogens with one attached hydrogen (secondary N) is 1. The quantitative estimate of drug-likeness (QED) is 0.712. The van der Waals surface area contributed by atoms with E-state index in [0.29, 0.717) is 12.5 Å². The molecule has 0 aromatic rings. The van der Waals surface area contributed by atoms with Crippen molar-refractivity contribution in [3.05, 3.63) is 0 Å². The molecular formula is C14H28N2O2. The number of amides is 1. The van der Waals surface area contributed by atoms with E-state index in [0.717, 1.165) is 12.8 Å². The van der Waals surface area contributed by atoms with Crippen LogP contribution >= 0.6 is 0 Å². The van der Waals surface area contributed by atoms with Crippen LogP contribution in [0, 0.1) is 11.3 Å². The van der Waals surface area contributed by atoms with Crippen LogP contribution in [-0.2, 0) is 4.79 Å². The van der Waals surface area contributed by atoms with Crippen LogP contribution in [0.2, 0.25) is 0 Å². The number of hydrogen-bond acceptors (Lipinski definition) is 3. The third-order valence-electron chi connectivity index (χ3n) is 3.89. The second-order valence-electron chi connectivity index (χ2n) is 6.55. The van der Waals surface area contributed by atoms with E-state index >= 15 is 0 Å². The standard InChI is InChI=1S/C14H28N2O2/c1-14(2,3)12(15)13(18)16-9-11(17)10-7-5-4-6-8-10/h10-12,17H,4-9,15H2,1-3H3,(H,16,18)/t11?,12-/m1/s1. The minimum absolute atomic E-state index is 0.169. The Morgan fingerprint density at radius 3 is 2.39 bits per heavy atom. The molecule has 0 heterocycles. The van der Waals surface area contributed by atoms with Gasteiger partial charge in [-0.3, -0.25) is 4.79 Å². The van der Waals surface area contributed by atoms with Gasteiger partial charge in [0.15, 0.2) is 0 Å². The maximum absolute atomic E-state index is 11.8. The summed E-state index contributed by atoms with van der Waals surface area (Å²) in [6.07, 6.45) is 5.37. The Bertz CT molecular complexity index is 267. The van der Waals surface area contributed by atoms with Gasteiger partial charge in [-0.15, -0.1) is 0 Å². The molecule has 1 aliphatic rings. The lowest BCUT2D eigenvalue weighted by Gasteiger charge is -2.29. The van der Waals surface area contributed by atoms with Gasteiger partial charge in [0.25, 0.3) is 0 Å². The van der Waals surface area contributed by atoms with E-state index in [1.165, 1.54) is 19.3 Å². The molecule has 4 nitrogen and oxygen atoms in total. The highest BCUT2D eigenvalue weighted by atomic mass is 16.3. The highest BCUT2D eigenvalue weighted by Crippen LogP contribution is 2.26. The lowest BCUT2D eigenvalue weighted by molar-refractivity contribution is -0.125. The van der Waals surface area contributed by atoms with Crippen LogP contribution in [0.1, 0.15) is 52.9 Å². The van der Waals surface area contributed by atoms with Gasteiger partial charge in [-0.25, -0.2) is 0 Å². The molecule has 1 saturated carbocycles. The molecule has 0 saturated heterocycles. The predicted octanol–water partition coefficient (Wildman–Crippen LogP) is 1.42. The molecular weight excluding hydrogens is 228 g/mol. The fourth-order valence-electron chi connectivity index (χ4n) is 2.39. The van der Waals surface area contributed by atoms with Crippen molar-refractivity contribution in [2.75, 3.05) is 6.54 Å². The van der Waals surface area contributed by atoms with Crippen molar-refractivity contribution in [3.8, 4) is 0 Å². The van der Waals surface area contributed by atoms with Gasteiger partial charge in [0.2, 0.25) is 5.91 Å². The van der Waals surface area contributed by atoms with Crippen LogP contribution in [0.5, 0.6) is 0 Å². The van der Waals surface area contributed by atoms with Crippen molar-refractivity contribution in [2.24, 2.45) is 17.1 Å². The molecule has 0 radical (unpaired) electrons. The summed E-state index contributed by atoms with van der Waals surface area (Å²) in [4.78, 5) is 11.8. The van der Waals surface area contributed by atoms with Crippen molar-refractivity contribution in [2.45, 2.75) is 65.0 Å². The Hall–Kier alpha value is -0.610. The maximum Gasteiger partial charge on any atom is 0.237 e. The van der Waals surface area contributed by atoms with E-state index < -0.39 is 12.1 Å². The monoisotopic (exact) mass is 256 g/mol. The largest absolute Gasteiger partial charge is 0.391 e. The molecule has 0 aromatic carbocycles. The number of rotatable bonds is 4. The van der Waals surface area contributed by atoms with E-state index in [9.17, 15) is 9.90 Å². The summed E-state index contributed by atoms with van der Waals surface area (Å²) in [6, 6.07) is -0.531. The average molecular weight is 256 g/mol. The first-order chi connectivity index (χ1) is 8.32. The van der Waals surface area contributed by atoms with E-state index in [2.05, 4.69) is 5.32 Å². The van der Waals surface area contributed by atoms with Gasteiger partial charge in [-0.1, -0.05) is 40.0 Å². The molecule has 4 N–H and O–H groups in total. The van der Waals surface area contributed by atoms with Crippen LogP contribution in [0.4, 0.5) is 0 Å². The molecule has 0 aliphatic heterocycles. The number of hydrogen-bond donors (Lipinski definition) is 3. The smallest absolute Gasteiger partial charge is 0.237 e. The summed E-state index contributed by atoms with van der Waals surface area (Å²) < 4.78 is 0. The van der Waals surface area contributed by atoms with Gasteiger partial charge in [0.1, 0.15) is 0 Å². The molecule has 1 amide bonds. The number of carbonyl (C=O) groups is 1. The second-order valence-corrected chi connectivity index (χ2v) is 6.55. The first-order valence-corrected chi connectivity index (χ1v) is 7.03. The topological polar surface area (TPSA) is 75.4 Å². The van der Waals surface area contributed by atoms with Crippen molar-refractivity contribution >= 4 is 5.91 Å². The van der Waals surface area contributed by atoms with Crippen molar-refractivity contribution in [1.29, 1.82) is 0 Å². The number of carbonyl (C=O) groups excluding carboxylic acids is 1. The SMILES string of the molecule is CC(C)(C)[C@H](N)C(=O)NCC(O)C1CCCCC1. The van der Waals surface area contributed by atoms with Crippen LogP contribution in [0.25, 0.3) is 0 Å². The Balaban J connectivity index is 2.33. The third kappa shape index (κ3) is 4.58. The molecule has 2 atom stereocenters. The molecule has 0 bridgehead atoms. The molecule has 18 heavy (non-hydrogen) atoms. The van der Waals surface area contributed by atoms with Gasteiger partial charge in [-0.05, 0) is 24.2 Å². The van der Waals surface area contributed by atoms with Crippen LogP contribution in [-0.4, -0.2) is 29.7 Å². The first kappa shape index (κ1) is 15.4. The van der Waals surface area contributed by atoms with Gasteiger partial charge in [-0.2, -0.15) is 0 Å². The molecule has 1 unspecified atom stereocenters. The first-order valence-electron chi connectivity index (χ1n) is 7.03. The molecule has 0 spiro atoms. The highest BCUT2D eigenvalue weighted by Gasteiger charge is 2.28. The summed E-state index contributed by atoms with van der Waals surface area (Å²) in [5, 5.41) is 12.8. The maximum atomic E-state index is 11.8. The van der Waals surface area contributed by atoms with Crippen LogP contribution in [0.15, 0.2) is 0 Å². The average Bonchev–Trinajstić information content (AvgIpc) is 2.34. The summed E-state index contributed by atoms with van der Waals surface area (Å²) in [6.45, 7) is 6.14. The highest BCUT2D eigenvalue weighted by molar-refractivity contribution is 5.82. The van der Waals surface area contributed by atoms with Gasteiger partial charge in [0.05, 0.1) is 12.1 Å². The Kier molecular flexibility index (Phi) is 5.60. The van der Waals surface area contributed by atoms with Crippen molar-refractivity contribution in [1.82, 2.24) is 5.32 Å². The van der Waals surface area contributed by atoms with E-state index in [4.69, 9.17) is 5.73 Å². The molecule has 1 fully saturated rings. The fraction of sp³-hybridized carbons (Fsp3) is 0.929. The van der Waals surface area contributed by atoms with Crippen LogP contribution in [0.3, 0.4) is 0 Å². The van der Waals surface area contributed by atoms with Crippen LogP contribution < -0.4 is 11.1 Å².